The molecule has 25 heavy (non-hydrogen) atoms. The van der Waals surface area contributed by atoms with Crippen LogP contribution in [0, 0.1) is 0 Å². The molecule has 0 saturated carbocycles. The number of halogens is 1. The lowest BCUT2D eigenvalue weighted by molar-refractivity contribution is 0.102. The quantitative estimate of drug-likeness (QED) is 0.612. The molecule has 0 saturated heterocycles. The van der Waals surface area contributed by atoms with Crippen LogP contribution in [-0.4, -0.2) is 25.1 Å². The summed E-state index contributed by atoms with van der Waals surface area (Å²) in [6, 6.07) is 13.1. The highest BCUT2D eigenvalue weighted by Crippen LogP contribution is 2.23. The van der Waals surface area contributed by atoms with Crippen molar-refractivity contribution in [3.05, 3.63) is 83.7 Å². The summed E-state index contributed by atoms with van der Waals surface area (Å²) in [6.45, 7) is 0.679. The van der Waals surface area contributed by atoms with Crippen molar-refractivity contribution < 1.29 is 4.79 Å². The molecule has 0 bridgehead atoms. The maximum Gasteiger partial charge on any atom is 0.277 e. The molecule has 0 unspecified atom stereocenters. The SMILES string of the molecule is O=C(Nc1cccc(Cn2ccnc2)c1)c1nn2ccccc2c1Cl. The number of imidazole rings is 1. The molecule has 4 aromatic rings. The predicted molar refractivity (Wildman–Crippen MR) is 95.9 cm³/mol. The molecule has 0 spiro atoms. The highest BCUT2D eigenvalue weighted by atomic mass is 35.5. The Morgan fingerprint density at radius 1 is 1.16 bits per heavy atom. The van der Waals surface area contributed by atoms with Crippen LogP contribution in [0.1, 0.15) is 16.1 Å². The fourth-order valence-corrected chi connectivity index (χ4v) is 2.92. The van der Waals surface area contributed by atoms with E-state index in [2.05, 4.69) is 15.4 Å². The summed E-state index contributed by atoms with van der Waals surface area (Å²) >= 11 is 6.29. The van der Waals surface area contributed by atoms with Crippen LogP contribution < -0.4 is 5.32 Å². The Morgan fingerprint density at radius 3 is 2.88 bits per heavy atom. The average molecular weight is 352 g/mol. The number of amides is 1. The minimum absolute atomic E-state index is 0.202. The van der Waals surface area contributed by atoms with Crippen LogP contribution in [0.15, 0.2) is 67.4 Å². The first-order chi connectivity index (χ1) is 12.2. The molecule has 0 aliphatic carbocycles. The molecule has 0 radical (unpaired) electrons. The van der Waals surface area contributed by atoms with Crippen molar-refractivity contribution in [3.8, 4) is 0 Å². The van der Waals surface area contributed by atoms with Crippen molar-refractivity contribution in [2.24, 2.45) is 0 Å². The number of hydrogen-bond acceptors (Lipinski definition) is 3. The number of hydrogen-bond donors (Lipinski definition) is 1. The number of nitrogens with one attached hydrogen (secondary N) is 1. The Bertz CT molecular complexity index is 1040. The molecule has 124 valence electrons. The smallest absolute Gasteiger partial charge is 0.277 e. The lowest BCUT2D eigenvalue weighted by Crippen LogP contribution is -2.13. The van der Waals surface area contributed by atoms with Gasteiger partial charge in [0.25, 0.3) is 5.91 Å². The molecular formula is C18H14ClN5O. The summed E-state index contributed by atoms with van der Waals surface area (Å²) in [5, 5.41) is 7.45. The molecular weight excluding hydrogens is 338 g/mol. The van der Waals surface area contributed by atoms with E-state index in [-0.39, 0.29) is 11.6 Å². The molecule has 0 aliphatic rings. The van der Waals surface area contributed by atoms with E-state index < -0.39 is 0 Å². The third-order valence-electron chi connectivity index (χ3n) is 3.80. The zero-order chi connectivity index (χ0) is 17.2. The number of anilines is 1. The number of pyridine rings is 1. The van der Waals surface area contributed by atoms with Crippen LogP contribution in [0.2, 0.25) is 5.02 Å². The minimum Gasteiger partial charge on any atom is -0.333 e. The van der Waals surface area contributed by atoms with E-state index in [0.717, 1.165) is 5.56 Å². The molecule has 4 rings (SSSR count). The van der Waals surface area contributed by atoms with Crippen LogP contribution in [-0.2, 0) is 6.54 Å². The Hall–Kier alpha value is -3.12. The largest absolute Gasteiger partial charge is 0.333 e. The van der Waals surface area contributed by atoms with Gasteiger partial charge in [0.15, 0.2) is 5.69 Å². The fourth-order valence-electron chi connectivity index (χ4n) is 2.64. The summed E-state index contributed by atoms with van der Waals surface area (Å²) < 4.78 is 3.55. The van der Waals surface area contributed by atoms with Gasteiger partial charge >= 0.3 is 0 Å². The Balaban J connectivity index is 1.57. The molecule has 7 heteroatoms. The van der Waals surface area contributed by atoms with E-state index in [4.69, 9.17) is 11.6 Å². The fraction of sp³-hybridized carbons (Fsp3) is 0.0556. The summed E-state index contributed by atoms with van der Waals surface area (Å²) in [7, 11) is 0. The molecule has 3 aromatic heterocycles. The van der Waals surface area contributed by atoms with E-state index >= 15 is 0 Å². The first kappa shape index (κ1) is 15.4. The number of rotatable bonds is 4. The van der Waals surface area contributed by atoms with Crippen molar-refractivity contribution in [1.82, 2.24) is 19.2 Å². The van der Waals surface area contributed by atoms with E-state index in [1.807, 2.05) is 53.2 Å². The second-order valence-electron chi connectivity index (χ2n) is 5.58. The van der Waals surface area contributed by atoms with E-state index in [1.54, 1.807) is 23.2 Å². The van der Waals surface area contributed by atoms with E-state index in [0.29, 0.717) is 22.8 Å². The van der Waals surface area contributed by atoms with Gasteiger partial charge in [-0.1, -0.05) is 29.8 Å². The van der Waals surface area contributed by atoms with Crippen molar-refractivity contribution in [3.63, 3.8) is 0 Å². The summed E-state index contributed by atoms with van der Waals surface area (Å²) in [5.41, 5.74) is 2.64. The van der Waals surface area contributed by atoms with Gasteiger partial charge in [0, 0.05) is 30.8 Å². The Kier molecular flexibility index (Phi) is 3.95. The third-order valence-corrected chi connectivity index (χ3v) is 4.18. The van der Waals surface area contributed by atoms with Gasteiger partial charge in [0.1, 0.15) is 0 Å². The normalized spacial score (nSPS) is 10.9. The lowest BCUT2D eigenvalue weighted by atomic mass is 10.2. The second kappa shape index (κ2) is 6.41. The van der Waals surface area contributed by atoms with E-state index in [9.17, 15) is 4.79 Å². The van der Waals surface area contributed by atoms with Crippen molar-refractivity contribution in [2.45, 2.75) is 6.54 Å². The number of carbonyl (C=O) groups excluding carboxylic acids is 1. The maximum absolute atomic E-state index is 12.5. The topological polar surface area (TPSA) is 64.2 Å². The number of nitrogens with zero attached hydrogens (tertiary/aromatic N) is 4. The van der Waals surface area contributed by atoms with Gasteiger partial charge in [-0.05, 0) is 29.8 Å². The molecule has 3 heterocycles. The number of carbonyl (C=O) groups is 1. The van der Waals surface area contributed by atoms with Crippen LogP contribution in [0.25, 0.3) is 5.52 Å². The van der Waals surface area contributed by atoms with Crippen LogP contribution in [0.5, 0.6) is 0 Å². The Morgan fingerprint density at radius 2 is 2.08 bits per heavy atom. The average Bonchev–Trinajstić information content (AvgIpc) is 3.24. The maximum atomic E-state index is 12.5. The number of aromatic nitrogens is 4. The molecule has 0 atom stereocenters. The van der Waals surface area contributed by atoms with Crippen molar-refractivity contribution in [1.29, 1.82) is 0 Å². The lowest BCUT2D eigenvalue weighted by Gasteiger charge is -2.07. The monoisotopic (exact) mass is 351 g/mol. The first-order valence-corrected chi connectivity index (χ1v) is 8.07. The standard InChI is InChI=1S/C18H14ClN5O/c19-16-15-6-1-2-8-24(15)22-17(16)18(25)21-14-5-3-4-13(10-14)11-23-9-7-20-12-23/h1-10,12H,11H2,(H,21,25). The highest BCUT2D eigenvalue weighted by Gasteiger charge is 2.17. The van der Waals surface area contributed by atoms with Gasteiger partial charge in [-0.2, -0.15) is 5.10 Å². The molecule has 1 N–H and O–H groups in total. The summed E-state index contributed by atoms with van der Waals surface area (Å²) in [6.07, 6.45) is 7.13. The van der Waals surface area contributed by atoms with Crippen molar-refractivity contribution >= 4 is 28.7 Å². The molecule has 0 aliphatic heterocycles. The van der Waals surface area contributed by atoms with E-state index in [1.165, 1.54) is 0 Å². The zero-order valence-electron chi connectivity index (χ0n) is 13.1. The van der Waals surface area contributed by atoms with Crippen LogP contribution in [0.3, 0.4) is 0 Å². The minimum atomic E-state index is -0.339. The van der Waals surface area contributed by atoms with Gasteiger partial charge in [-0.3, -0.25) is 4.79 Å². The zero-order valence-corrected chi connectivity index (χ0v) is 13.9. The van der Waals surface area contributed by atoms with Gasteiger partial charge in [0.05, 0.1) is 16.9 Å². The first-order valence-electron chi connectivity index (χ1n) is 7.69. The number of benzene rings is 1. The molecule has 6 nitrogen and oxygen atoms in total. The highest BCUT2D eigenvalue weighted by molar-refractivity contribution is 6.37. The van der Waals surface area contributed by atoms with Crippen LogP contribution >= 0.6 is 11.6 Å². The third kappa shape index (κ3) is 3.12. The van der Waals surface area contributed by atoms with Gasteiger partial charge in [-0.15, -0.1) is 0 Å². The van der Waals surface area contributed by atoms with Crippen molar-refractivity contribution in [2.75, 3.05) is 5.32 Å². The molecule has 0 fully saturated rings. The molecule has 1 amide bonds. The summed E-state index contributed by atoms with van der Waals surface area (Å²) in [4.78, 5) is 16.6. The Labute approximate surface area is 148 Å². The van der Waals surface area contributed by atoms with Gasteiger partial charge in [-0.25, -0.2) is 9.50 Å². The predicted octanol–water partition coefficient (Wildman–Crippen LogP) is 3.48. The van der Waals surface area contributed by atoms with Crippen LogP contribution in [0.4, 0.5) is 5.69 Å². The molecule has 1 aromatic carbocycles. The summed E-state index contributed by atoms with van der Waals surface area (Å²) in [5.74, 6) is -0.339. The second-order valence-corrected chi connectivity index (χ2v) is 5.96. The number of fused-ring (bicyclic) bond motifs is 1. The van der Waals surface area contributed by atoms with Gasteiger partial charge in [0.2, 0.25) is 0 Å². The van der Waals surface area contributed by atoms with Gasteiger partial charge < -0.3 is 9.88 Å².